The Labute approximate surface area is 124 Å². The number of ether oxygens (including phenoxy) is 2. The summed E-state index contributed by atoms with van der Waals surface area (Å²) in [6, 6.07) is 4.32. The van der Waals surface area contributed by atoms with Crippen LogP contribution in [-0.4, -0.2) is 26.7 Å². The molecule has 0 heterocycles. The first-order valence-corrected chi connectivity index (χ1v) is 5.97. The van der Waals surface area contributed by atoms with Crippen molar-refractivity contribution >= 4 is 23.6 Å². The highest BCUT2D eigenvalue weighted by Gasteiger charge is 2.16. The number of hydrogen-bond acceptors (Lipinski definition) is 4. The number of nitrogens with zero attached hydrogens (tertiary/aromatic N) is 1. The van der Waals surface area contributed by atoms with E-state index in [0.29, 0.717) is 5.56 Å². The molecule has 0 saturated carbocycles. The van der Waals surface area contributed by atoms with Crippen molar-refractivity contribution in [1.82, 2.24) is 5.32 Å². The number of halogens is 3. The molecule has 1 N–H and O–H groups in total. The minimum atomic E-state index is -3.06. The van der Waals surface area contributed by atoms with Crippen LogP contribution in [0.15, 0.2) is 17.7 Å². The molecule has 1 aromatic carbocycles. The smallest absolute Gasteiger partial charge is 0.387 e. The van der Waals surface area contributed by atoms with Gasteiger partial charge in [0.15, 0.2) is 11.5 Å². The Bertz CT molecular complexity index is 612. The van der Waals surface area contributed by atoms with Gasteiger partial charge in [0.25, 0.3) is 5.91 Å². The second kappa shape index (κ2) is 7.45. The summed E-state index contributed by atoms with van der Waals surface area (Å²) in [5.74, 6) is -0.937. The van der Waals surface area contributed by atoms with Crippen molar-refractivity contribution in [2.75, 3.05) is 14.2 Å². The molecule has 0 fully saturated rings. The molecule has 0 unspecified atom stereocenters. The van der Waals surface area contributed by atoms with Crippen LogP contribution in [0.3, 0.4) is 0 Å². The van der Waals surface area contributed by atoms with Gasteiger partial charge in [-0.15, -0.1) is 0 Å². The van der Waals surface area contributed by atoms with Crippen LogP contribution in [-0.2, 0) is 4.79 Å². The van der Waals surface area contributed by atoms with Crippen molar-refractivity contribution in [2.45, 2.75) is 6.61 Å². The molecule has 0 aliphatic heterocycles. The number of nitriles is 1. The van der Waals surface area contributed by atoms with Crippen LogP contribution in [0.2, 0.25) is 5.02 Å². The topological polar surface area (TPSA) is 71.4 Å². The lowest BCUT2D eigenvalue weighted by Gasteiger charge is -2.12. The molecule has 8 heteroatoms. The minimum Gasteiger partial charge on any atom is -0.493 e. The first-order chi connectivity index (χ1) is 9.92. The largest absolute Gasteiger partial charge is 0.493 e. The number of hydrogen-bond donors (Lipinski definition) is 1. The maximum Gasteiger partial charge on any atom is 0.387 e. The molecule has 1 aromatic rings. The van der Waals surface area contributed by atoms with Gasteiger partial charge in [0.1, 0.15) is 11.6 Å². The molecule has 0 spiro atoms. The van der Waals surface area contributed by atoms with E-state index in [4.69, 9.17) is 21.6 Å². The van der Waals surface area contributed by atoms with Crippen molar-refractivity contribution in [2.24, 2.45) is 0 Å². The Morgan fingerprint density at radius 2 is 2.19 bits per heavy atom. The molecular formula is C13H11ClF2N2O3. The molecule has 0 radical (unpaired) electrons. The summed E-state index contributed by atoms with van der Waals surface area (Å²) in [7, 11) is 2.63. The summed E-state index contributed by atoms with van der Waals surface area (Å²) in [5.41, 5.74) is 0.164. The molecular weight excluding hydrogens is 306 g/mol. The van der Waals surface area contributed by atoms with Crippen LogP contribution < -0.4 is 14.8 Å². The van der Waals surface area contributed by atoms with Crippen LogP contribution in [0, 0.1) is 11.3 Å². The number of benzene rings is 1. The quantitative estimate of drug-likeness (QED) is 0.669. The van der Waals surface area contributed by atoms with Crippen molar-refractivity contribution in [3.8, 4) is 17.6 Å². The maximum atomic E-state index is 12.3. The van der Waals surface area contributed by atoms with Gasteiger partial charge in [-0.2, -0.15) is 14.0 Å². The van der Waals surface area contributed by atoms with Gasteiger partial charge in [0.05, 0.1) is 12.1 Å². The average Bonchev–Trinajstić information content (AvgIpc) is 2.45. The number of alkyl halides is 2. The zero-order valence-corrected chi connectivity index (χ0v) is 11.9. The molecule has 1 amide bonds. The van der Waals surface area contributed by atoms with Gasteiger partial charge in [0.2, 0.25) is 0 Å². The molecule has 0 aliphatic carbocycles. The van der Waals surface area contributed by atoms with E-state index >= 15 is 0 Å². The molecule has 0 bridgehead atoms. The molecule has 1 rings (SSSR count). The Balaban J connectivity index is 3.29. The fourth-order valence-corrected chi connectivity index (χ4v) is 1.74. The predicted octanol–water partition coefficient (Wildman–Crippen LogP) is 2.60. The Kier molecular flexibility index (Phi) is 5.93. The number of likely N-dealkylation sites (N-methyl/N-ethyl adjacent to an activating group) is 1. The molecule has 21 heavy (non-hydrogen) atoms. The Morgan fingerprint density at radius 3 is 2.67 bits per heavy atom. The molecule has 0 saturated heterocycles. The van der Waals surface area contributed by atoms with Crippen molar-refractivity contribution in [3.05, 3.63) is 28.3 Å². The van der Waals surface area contributed by atoms with Crippen LogP contribution in [0.5, 0.6) is 11.5 Å². The summed E-state index contributed by atoms with van der Waals surface area (Å²) in [6.45, 7) is -3.06. The SMILES string of the molecule is CNC(=O)/C(C#N)=C/c1cc(Cl)c(OC(F)F)c(OC)c1. The third-order valence-corrected chi connectivity index (χ3v) is 2.64. The fourth-order valence-electron chi connectivity index (χ4n) is 1.48. The lowest BCUT2D eigenvalue weighted by atomic mass is 10.1. The first-order valence-electron chi connectivity index (χ1n) is 5.59. The highest BCUT2D eigenvalue weighted by molar-refractivity contribution is 6.32. The number of methoxy groups -OCH3 is 1. The summed E-state index contributed by atoms with van der Waals surface area (Å²) in [6.07, 6.45) is 1.25. The van der Waals surface area contributed by atoms with Crippen LogP contribution in [0.1, 0.15) is 5.56 Å². The maximum absolute atomic E-state index is 12.3. The lowest BCUT2D eigenvalue weighted by Crippen LogP contribution is -2.19. The van der Waals surface area contributed by atoms with Crippen molar-refractivity contribution in [1.29, 1.82) is 5.26 Å². The van der Waals surface area contributed by atoms with Gasteiger partial charge in [0, 0.05) is 7.05 Å². The Morgan fingerprint density at radius 1 is 1.52 bits per heavy atom. The zero-order chi connectivity index (χ0) is 16.0. The average molecular weight is 317 g/mol. The van der Waals surface area contributed by atoms with E-state index in [-0.39, 0.29) is 22.1 Å². The van der Waals surface area contributed by atoms with Gasteiger partial charge >= 0.3 is 6.61 Å². The third-order valence-electron chi connectivity index (χ3n) is 2.36. The lowest BCUT2D eigenvalue weighted by molar-refractivity contribution is -0.116. The molecule has 0 aliphatic rings. The van der Waals surface area contributed by atoms with Gasteiger partial charge in [-0.25, -0.2) is 0 Å². The normalized spacial score (nSPS) is 11.0. The van der Waals surface area contributed by atoms with E-state index in [9.17, 15) is 13.6 Å². The molecule has 5 nitrogen and oxygen atoms in total. The summed E-state index contributed by atoms with van der Waals surface area (Å²) < 4.78 is 33.8. The second-order valence-electron chi connectivity index (χ2n) is 3.66. The predicted molar refractivity (Wildman–Crippen MR) is 72.3 cm³/mol. The van der Waals surface area contributed by atoms with E-state index < -0.39 is 12.5 Å². The van der Waals surface area contributed by atoms with Crippen LogP contribution in [0.4, 0.5) is 8.78 Å². The number of carbonyl (C=O) groups excluding carboxylic acids is 1. The van der Waals surface area contributed by atoms with Gasteiger partial charge in [-0.1, -0.05) is 11.6 Å². The van der Waals surface area contributed by atoms with Gasteiger partial charge in [-0.05, 0) is 23.8 Å². The van der Waals surface area contributed by atoms with E-state index in [1.54, 1.807) is 6.07 Å². The number of amides is 1. The Hall–Kier alpha value is -2.33. The van der Waals surface area contributed by atoms with E-state index in [2.05, 4.69) is 10.1 Å². The second-order valence-corrected chi connectivity index (χ2v) is 4.07. The molecule has 0 atom stereocenters. The highest BCUT2D eigenvalue weighted by atomic mass is 35.5. The summed E-state index contributed by atoms with van der Waals surface area (Å²) >= 11 is 5.85. The standard InChI is InChI=1S/C13H11ClF2N2O3/c1-18-12(19)8(6-17)3-7-4-9(14)11(21-13(15)16)10(5-7)20-2/h3-5,13H,1-2H3,(H,18,19)/b8-3+. The highest BCUT2D eigenvalue weighted by Crippen LogP contribution is 2.37. The van der Waals surface area contributed by atoms with Crippen LogP contribution in [0.25, 0.3) is 6.08 Å². The summed E-state index contributed by atoms with van der Waals surface area (Å²) in [4.78, 5) is 11.4. The van der Waals surface area contributed by atoms with Crippen molar-refractivity contribution < 1.29 is 23.0 Å². The van der Waals surface area contributed by atoms with Crippen molar-refractivity contribution in [3.63, 3.8) is 0 Å². The fraction of sp³-hybridized carbons (Fsp3) is 0.231. The number of rotatable bonds is 5. The summed E-state index contributed by atoms with van der Waals surface area (Å²) in [5, 5.41) is 11.1. The van der Waals surface area contributed by atoms with E-state index in [1.165, 1.54) is 32.4 Å². The number of nitrogens with one attached hydrogen (secondary N) is 1. The monoisotopic (exact) mass is 316 g/mol. The molecule has 0 aromatic heterocycles. The van der Waals surface area contributed by atoms with Gasteiger partial charge in [-0.3, -0.25) is 4.79 Å². The number of carbonyl (C=O) groups is 1. The third kappa shape index (κ3) is 4.33. The van der Waals surface area contributed by atoms with E-state index in [1.807, 2.05) is 0 Å². The molecule has 112 valence electrons. The van der Waals surface area contributed by atoms with E-state index in [0.717, 1.165) is 0 Å². The van der Waals surface area contributed by atoms with Gasteiger partial charge < -0.3 is 14.8 Å². The first kappa shape index (κ1) is 16.7. The minimum absolute atomic E-state index is 0.0387. The van der Waals surface area contributed by atoms with Crippen LogP contribution >= 0.6 is 11.6 Å². The zero-order valence-electron chi connectivity index (χ0n) is 11.1.